The van der Waals surface area contributed by atoms with Crippen molar-refractivity contribution >= 4 is 11.8 Å². The van der Waals surface area contributed by atoms with E-state index in [-0.39, 0.29) is 23.4 Å². The Morgan fingerprint density at radius 3 is 2.36 bits per heavy atom. The van der Waals surface area contributed by atoms with Gasteiger partial charge in [0.05, 0.1) is 12.1 Å². The number of benzene rings is 2. The predicted octanol–water partition coefficient (Wildman–Crippen LogP) is 2.54. The van der Waals surface area contributed by atoms with Crippen molar-refractivity contribution in [3.8, 4) is 0 Å². The second-order valence-electron chi connectivity index (χ2n) is 6.23. The Bertz CT molecular complexity index is 789. The Morgan fingerprint density at radius 1 is 1.00 bits per heavy atom. The van der Waals surface area contributed by atoms with E-state index in [1.165, 1.54) is 5.56 Å². The van der Waals surface area contributed by atoms with Crippen LogP contribution in [-0.4, -0.2) is 24.9 Å². The van der Waals surface area contributed by atoms with Gasteiger partial charge in [0.2, 0.25) is 5.91 Å². The number of halogens is 2. The van der Waals surface area contributed by atoms with Crippen LogP contribution >= 0.6 is 0 Å². The van der Waals surface area contributed by atoms with E-state index in [1.807, 2.05) is 30.3 Å². The van der Waals surface area contributed by atoms with Gasteiger partial charge in [-0.05, 0) is 30.5 Å². The fourth-order valence-electron chi connectivity index (χ4n) is 2.77. The van der Waals surface area contributed by atoms with Crippen molar-refractivity contribution in [1.82, 2.24) is 10.6 Å². The summed E-state index contributed by atoms with van der Waals surface area (Å²) in [6.45, 7) is 0.233. The maximum atomic E-state index is 13.5. The molecular weight excluding hydrogens is 326 g/mol. The normalized spacial score (nSPS) is 14.6. The molecule has 3 rings (SSSR count). The molecule has 0 spiro atoms. The second kappa shape index (κ2) is 7.01. The van der Waals surface area contributed by atoms with Crippen LogP contribution in [0.1, 0.15) is 28.8 Å². The van der Waals surface area contributed by atoms with Crippen molar-refractivity contribution in [3.63, 3.8) is 0 Å². The van der Waals surface area contributed by atoms with Crippen LogP contribution in [0.15, 0.2) is 48.5 Å². The number of rotatable bonds is 6. The molecule has 2 aromatic rings. The first-order chi connectivity index (χ1) is 12.0. The number of carbonyl (C=O) groups excluding carboxylic acids is 2. The topological polar surface area (TPSA) is 58.2 Å². The van der Waals surface area contributed by atoms with Gasteiger partial charge in [-0.25, -0.2) is 8.78 Å². The van der Waals surface area contributed by atoms with Crippen molar-refractivity contribution in [1.29, 1.82) is 0 Å². The molecule has 25 heavy (non-hydrogen) atoms. The Hall–Kier alpha value is -2.76. The quantitative estimate of drug-likeness (QED) is 0.846. The van der Waals surface area contributed by atoms with Crippen molar-refractivity contribution in [2.75, 3.05) is 13.1 Å². The summed E-state index contributed by atoms with van der Waals surface area (Å²) in [6.07, 6.45) is 2.01. The Balaban J connectivity index is 1.49. The molecule has 1 aliphatic carbocycles. The standard InChI is InChI=1S/C19H18F2N2O2/c20-14-6-7-15(16(21)10-14)18(25)22-11-17(24)23-12-19(8-9-19)13-4-2-1-3-5-13/h1-7,10H,8-9,11-12H2,(H,22,25)(H,23,24). The summed E-state index contributed by atoms with van der Waals surface area (Å²) in [6, 6.07) is 12.6. The molecule has 130 valence electrons. The Labute approximate surface area is 144 Å². The minimum atomic E-state index is -0.959. The molecule has 0 unspecified atom stereocenters. The lowest BCUT2D eigenvalue weighted by Gasteiger charge is -2.16. The maximum absolute atomic E-state index is 13.5. The third-order valence-corrected chi connectivity index (χ3v) is 4.45. The zero-order valence-corrected chi connectivity index (χ0v) is 13.5. The number of nitrogens with one attached hydrogen (secondary N) is 2. The molecule has 0 atom stereocenters. The van der Waals surface area contributed by atoms with E-state index < -0.39 is 17.5 Å². The number of amides is 2. The molecular formula is C19H18F2N2O2. The van der Waals surface area contributed by atoms with E-state index in [0.717, 1.165) is 25.0 Å². The highest BCUT2D eigenvalue weighted by Crippen LogP contribution is 2.47. The molecule has 1 saturated carbocycles. The number of hydrogen-bond donors (Lipinski definition) is 2. The Morgan fingerprint density at radius 2 is 1.72 bits per heavy atom. The zero-order valence-electron chi connectivity index (χ0n) is 13.5. The minimum absolute atomic E-state index is 0.0238. The summed E-state index contributed by atoms with van der Waals surface area (Å²) in [4.78, 5) is 23.8. The fourth-order valence-corrected chi connectivity index (χ4v) is 2.77. The van der Waals surface area contributed by atoms with Gasteiger partial charge in [-0.2, -0.15) is 0 Å². The summed E-state index contributed by atoms with van der Waals surface area (Å²) in [7, 11) is 0. The summed E-state index contributed by atoms with van der Waals surface area (Å²) in [5.74, 6) is -2.82. The summed E-state index contributed by atoms with van der Waals surface area (Å²) in [5, 5.41) is 5.15. The van der Waals surface area contributed by atoms with E-state index in [1.54, 1.807) is 0 Å². The molecule has 2 N–H and O–H groups in total. The molecule has 2 aromatic carbocycles. The molecule has 0 bridgehead atoms. The Kier molecular flexibility index (Phi) is 4.79. The molecule has 4 nitrogen and oxygen atoms in total. The van der Waals surface area contributed by atoms with E-state index >= 15 is 0 Å². The molecule has 0 aliphatic heterocycles. The largest absolute Gasteiger partial charge is 0.354 e. The second-order valence-corrected chi connectivity index (χ2v) is 6.23. The van der Waals surface area contributed by atoms with Crippen molar-refractivity contribution in [2.24, 2.45) is 0 Å². The van der Waals surface area contributed by atoms with E-state index in [9.17, 15) is 18.4 Å². The lowest BCUT2D eigenvalue weighted by atomic mass is 9.96. The monoisotopic (exact) mass is 344 g/mol. The predicted molar refractivity (Wildman–Crippen MR) is 89.1 cm³/mol. The molecule has 6 heteroatoms. The molecule has 1 fully saturated rings. The third-order valence-electron chi connectivity index (χ3n) is 4.45. The average Bonchev–Trinajstić information content (AvgIpc) is 3.40. The van der Waals surface area contributed by atoms with Crippen LogP contribution in [0.2, 0.25) is 0 Å². The van der Waals surface area contributed by atoms with Crippen LogP contribution in [0.3, 0.4) is 0 Å². The SMILES string of the molecule is O=C(CNC(=O)c1ccc(F)cc1F)NCC1(c2ccccc2)CC1. The molecule has 0 aromatic heterocycles. The van der Waals surface area contributed by atoms with Gasteiger partial charge in [0.25, 0.3) is 5.91 Å². The van der Waals surface area contributed by atoms with Crippen LogP contribution in [-0.2, 0) is 10.2 Å². The zero-order chi connectivity index (χ0) is 17.9. The van der Waals surface area contributed by atoms with Crippen LogP contribution in [0, 0.1) is 11.6 Å². The van der Waals surface area contributed by atoms with Gasteiger partial charge in [0, 0.05) is 18.0 Å². The first kappa shape index (κ1) is 17.1. The summed E-state index contributed by atoms with van der Waals surface area (Å²) in [5.41, 5.74) is 0.870. The minimum Gasteiger partial charge on any atom is -0.354 e. The lowest BCUT2D eigenvalue weighted by molar-refractivity contribution is -0.120. The third kappa shape index (κ3) is 4.02. The van der Waals surface area contributed by atoms with Gasteiger partial charge in [0.1, 0.15) is 11.6 Å². The lowest BCUT2D eigenvalue weighted by Crippen LogP contribution is -2.40. The van der Waals surface area contributed by atoms with Crippen LogP contribution < -0.4 is 10.6 Å². The first-order valence-electron chi connectivity index (χ1n) is 8.06. The van der Waals surface area contributed by atoms with Crippen LogP contribution in [0.25, 0.3) is 0 Å². The summed E-state index contributed by atoms with van der Waals surface area (Å²) < 4.78 is 26.4. The highest BCUT2D eigenvalue weighted by Gasteiger charge is 2.44. The van der Waals surface area contributed by atoms with Crippen LogP contribution in [0.5, 0.6) is 0 Å². The summed E-state index contributed by atoms with van der Waals surface area (Å²) >= 11 is 0. The maximum Gasteiger partial charge on any atom is 0.254 e. The van der Waals surface area contributed by atoms with Crippen molar-refractivity contribution in [3.05, 3.63) is 71.3 Å². The van der Waals surface area contributed by atoms with Gasteiger partial charge < -0.3 is 10.6 Å². The van der Waals surface area contributed by atoms with Gasteiger partial charge in [0.15, 0.2) is 0 Å². The molecule has 0 radical (unpaired) electrons. The first-order valence-corrected chi connectivity index (χ1v) is 8.06. The molecule has 1 aliphatic rings. The van der Waals surface area contributed by atoms with Gasteiger partial charge in [-0.3, -0.25) is 9.59 Å². The van der Waals surface area contributed by atoms with Gasteiger partial charge in [-0.15, -0.1) is 0 Å². The smallest absolute Gasteiger partial charge is 0.254 e. The van der Waals surface area contributed by atoms with Gasteiger partial charge >= 0.3 is 0 Å². The van der Waals surface area contributed by atoms with Crippen molar-refractivity contribution in [2.45, 2.75) is 18.3 Å². The van der Waals surface area contributed by atoms with E-state index in [2.05, 4.69) is 10.6 Å². The fraction of sp³-hybridized carbons (Fsp3) is 0.263. The van der Waals surface area contributed by atoms with Crippen LogP contribution in [0.4, 0.5) is 8.78 Å². The average molecular weight is 344 g/mol. The number of hydrogen-bond acceptors (Lipinski definition) is 2. The highest BCUT2D eigenvalue weighted by atomic mass is 19.1. The van der Waals surface area contributed by atoms with Crippen molar-refractivity contribution < 1.29 is 18.4 Å². The molecule has 2 amide bonds. The number of carbonyl (C=O) groups is 2. The van der Waals surface area contributed by atoms with E-state index in [0.29, 0.717) is 12.6 Å². The van der Waals surface area contributed by atoms with Gasteiger partial charge in [-0.1, -0.05) is 30.3 Å². The van der Waals surface area contributed by atoms with E-state index in [4.69, 9.17) is 0 Å². The highest BCUT2D eigenvalue weighted by molar-refractivity contribution is 5.96. The molecule has 0 saturated heterocycles. The molecule has 0 heterocycles.